The molecule has 0 amide bonds. The van der Waals surface area contributed by atoms with Gasteiger partial charge < -0.3 is 29.2 Å². The van der Waals surface area contributed by atoms with E-state index in [1.807, 2.05) is 13.8 Å². The Labute approximate surface area is 241 Å². The molecule has 40 heavy (non-hydrogen) atoms. The highest BCUT2D eigenvalue weighted by atomic mass is 16.7. The summed E-state index contributed by atoms with van der Waals surface area (Å²) in [5, 5.41) is 20.4. The number of hydrogen-bond acceptors (Lipinski definition) is 6. The van der Waals surface area contributed by atoms with E-state index in [-0.39, 0.29) is 11.1 Å². The van der Waals surface area contributed by atoms with Crippen LogP contribution in [0.3, 0.4) is 0 Å². The van der Waals surface area contributed by atoms with Crippen LogP contribution >= 0.6 is 0 Å². The lowest BCUT2D eigenvalue weighted by Gasteiger charge is -2.31. The van der Waals surface area contributed by atoms with E-state index in [9.17, 15) is 19.8 Å². The first-order valence-electron chi connectivity index (χ1n) is 15.4. The van der Waals surface area contributed by atoms with Gasteiger partial charge in [0.1, 0.15) is 0 Å². The number of rotatable bonds is 24. The quantitative estimate of drug-likeness (QED) is 0.0944. The SMILES string of the molecule is CCCCCCOC(C)OC(CCC)c1c(C(=O)O)ccc(C(=O)O)c1C(CCC)OC(C)OCCCCCC. The molecule has 0 aliphatic heterocycles. The molecular formula is C32H54O8. The molecule has 0 saturated heterocycles. The second-order valence-corrected chi connectivity index (χ2v) is 10.4. The summed E-state index contributed by atoms with van der Waals surface area (Å²) in [5.41, 5.74) is 0.742. The smallest absolute Gasteiger partial charge is 0.336 e. The third-order valence-corrected chi connectivity index (χ3v) is 6.91. The monoisotopic (exact) mass is 566 g/mol. The summed E-state index contributed by atoms with van der Waals surface area (Å²) in [4.78, 5) is 24.9. The Morgan fingerprint density at radius 3 is 1.30 bits per heavy atom. The second kappa shape index (κ2) is 20.8. The zero-order valence-corrected chi connectivity index (χ0v) is 25.7. The molecule has 0 aliphatic rings. The summed E-state index contributed by atoms with van der Waals surface area (Å²) in [6.07, 6.45) is 8.44. The van der Waals surface area contributed by atoms with Crippen LogP contribution in [0.5, 0.6) is 0 Å². The summed E-state index contributed by atoms with van der Waals surface area (Å²) in [7, 11) is 0. The van der Waals surface area contributed by atoms with Crippen LogP contribution in [0.2, 0.25) is 0 Å². The van der Waals surface area contributed by atoms with E-state index in [2.05, 4.69) is 13.8 Å². The van der Waals surface area contributed by atoms with Crippen molar-refractivity contribution in [2.45, 2.75) is 143 Å². The van der Waals surface area contributed by atoms with Crippen LogP contribution in [-0.4, -0.2) is 47.9 Å². The van der Waals surface area contributed by atoms with Gasteiger partial charge in [-0.25, -0.2) is 9.59 Å². The highest BCUT2D eigenvalue weighted by Gasteiger charge is 2.33. The number of unbranched alkanes of at least 4 members (excludes halogenated alkanes) is 6. The van der Waals surface area contributed by atoms with Crippen molar-refractivity contribution in [3.8, 4) is 0 Å². The molecule has 0 radical (unpaired) electrons. The standard InChI is InChI=1S/C32H54O8/c1-7-11-13-15-21-37-23(5)39-27(17-9-3)29-25(31(33)34)19-20-26(32(35)36)30(29)28(18-10-4)40-24(6)38-22-16-14-12-8-2/h19-20,23-24,27-28H,7-18,21-22H2,1-6H3,(H,33,34)(H,35,36). The molecule has 0 fully saturated rings. The van der Waals surface area contributed by atoms with E-state index in [0.717, 1.165) is 51.4 Å². The van der Waals surface area contributed by atoms with Gasteiger partial charge in [-0.15, -0.1) is 0 Å². The number of aromatic carboxylic acids is 2. The van der Waals surface area contributed by atoms with Crippen molar-refractivity contribution in [1.29, 1.82) is 0 Å². The number of carboxylic acid groups (broad SMARTS) is 2. The van der Waals surface area contributed by atoms with Crippen molar-refractivity contribution < 1.29 is 38.7 Å². The van der Waals surface area contributed by atoms with Crippen LogP contribution in [0.25, 0.3) is 0 Å². The van der Waals surface area contributed by atoms with E-state index < -0.39 is 36.7 Å². The van der Waals surface area contributed by atoms with Crippen molar-refractivity contribution in [1.82, 2.24) is 0 Å². The van der Waals surface area contributed by atoms with E-state index in [1.54, 1.807) is 13.8 Å². The summed E-state index contributed by atoms with van der Waals surface area (Å²) in [6, 6.07) is 2.73. The maximum Gasteiger partial charge on any atom is 0.336 e. The molecule has 0 saturated carbocycles. The third-order valence-electron chi connectivity index (χ3n) is 6.91. The molecule has 1 rings (SSSR count). The highest BCUT2D eigenvalue weighted by molar-refractivity contribution is 5.95. The zero-order chi connectivity index (χ0) is 29.9. The Hall–Kier alpha value is -2.00. The van der Waals surface area contributed by atoms with Crippen LogP contribution in [0.4, 0.5) is 0 Å². The van der Waals surface area contributed by atoms with Crippen molar-refractivity contribution >= 4 is 11.9 Å². The van der Waals surface area contributed by atoms with Crippen LogP contribution in [0.15, 0.2) is 12.1 Å². The Morgan fingerprint density at radius 2 is 1.00 bits per heavy atom. The minimum atomic E-state index is -1.14. The summed E-state index contributed by atoms with van der Waals surface area (Å²) >= 11 is 0. The molecule has 2 N–H and O–H groups in total. The van der Waals surface area contributed by atoms with Gasteiger partial charge in [0.15, 0.2) is 12.6 Å². The van der Waals surface area contributed by atoms with Crippen LogP contribution in [-0.2, 0) is 18.9 Å². The predicted octanol–water partition coefficient (Wildman–Crippen LogP) is 8.68. The third kappa shape index (κ3) is 12.7. The highest BCUT2D eigenvalue weighted by Crippen LogP contribution is 2.39. The average molecular weight is 567 g/mol. The molecule has 230 valence electrons. The Kier molecular flexibility index (Phi) is 18.7. The fourth-order valence-electron chi connectivity index (χ4n) is 4.89. The number of carbonyl (C=O) groups is 2. The summed E-state index contributed by atoms with van der Waals surface area (Å²) < 4.78 is 24.5. The van der Waals surface area contributed by atoms with Gasteiger partial charge >= 0.3 is 11.9 Å². The van der Waals surface area contributed by atoms with Gasteiger partial charge in [0.2, 0.25) is 0 Å². The predicted molar refractivity (Wildman–Crippen MR) is 157 cm³/mol. The lowest BCUT2D eigenvalue weighted by Crippen LogP contribution is -2.25. The largest absolute Gasteiger partial charge is 0.478 e. The number of carboxylic acids is 2. The van der Waals surface area contributed by atoms with Gasteiger partial charge in [-0.05, 0) is 51.7 Å². The van der Waals surface area contributed by atoms with Crippen molar-refractivity contribution in [3.05, 3.63) is 34.4 Å². The molecule has 8 nitrogen and oxygen atoms in total. The fourth-order valence-corrected chi connectivity index (χ4v) is 4.89. The van der Waals surface area contributed by atoms with Crippen molar-refractivity contribution in [3.63, 3.8) is 0 Å². The number of benzene rings is 1. The lowest BCUT2D eigenvalue weighted by atomic mass is 9.86. The maximum absolute atomic E-state index is 12.5. The molecule has 4 unspecified atom stereocenters. The maximum atomic E-state index is 12.5. The minimum Gasteiger partial charge on any atom is -0.478 e. The summed E-state index contributed by atoms with van der Waals surface area (Å²) in [6.45, 7) is 13.0. The Balaban J connectivity index is 3.43. The van der Waals surface area contributed by atoms with Gasteiger partial charge in [0, 0.05) is 24.3 Å². The first-order valence-corrected chi connectivity index (χ1v) is 15.4. The zero-order valence-electron chi connectivity index (χ0n) is 25.7. The molecule has 0 aliphatic carbocycles. The topological polar surface area (TPSA) is 112 Å². The average Bonchev–Trinajstić information content (AvgIpc) is 2.91. The van der Waals surface area contributed by atoms with E-state index in [0.29, 0.717) is 50.0 Å². The molecule has 0 spiro atoms. The molecule has 0 heterocycles. The van der Waals surface area contributed by atoms with Crippen LogP contribution in [0.1, 0.15) is 163 Å². The van der Waals surface area contributed by atoms with Crippen molar-refractivity contribution in [2.75, 3.05) is 13.2 Å². The molecule has 1 aromatic rings. The van der Waals surface area contributed by atoms with E-state index >= 15 is 0 Å². The minimum absolute atomic E-state index is 0.0198. The number of hydrogen-bond donors (Lipinski definition) is 2. The van der Waals surface area contributed by atoms with E-state index in [4.69, 9.17) is 18.9 Å². The van der Waals surface area contributed by atoms with Gasteiger partial charge in [-0.3, -0.25) is 0 Å². The van der Waals surface area contributed by atoms with Gasteiger partial charge in [-0.2, -0.15) is 0 Å². The normalized spacial score (nSPS) is 14.6. The molecule has 1 aromatic carbocycles. The van der Waals surface area contributed by atoms with Crippen molar-refractivity contribution in [2.24, 2.45) is 0 Å². The second-order valence-electron chi connectivity index (χ2n) is 10.4. The molecule has 0 bridgehead atoms. The lowest BCUT2D eigenvalue weighted by molar-refractivity contribution is -0.170. The van der Waals surface area contributed by atoms with E-state index in [1.165, 1.54) is 12.1 Å². The fraction of sp³-hybridized carbons (Fsp3) is 0.750. The van der Waals surface area contributed by atoms with Gasteiger partial charge in [0.05, 0.1) is 23.3 Å². The number of ether oxygens (including phenoxy) is 4. The molecule has 4 atom stereocenters. The Morgan fingerprint density at radius 1 is 0.625 bits per heavy atom. The van der Waals surface area contributed by atoms with Gasteiger partial charge in [-0.1, -0.05) is 79.1 Å². The Bertz CT molecular complexity index is 787. The van der Waals surface area contributed by atoms with Gasteiger partial charge in [0.25, 0.3) is 0 Å². The van der Waals surface area contributed by atoms with Crippen LogP contribution < -0.4 is 0 Å². The summed E-state index contributed by atoms with van der Waals surface area (Å²) in [5.74, 6) is -2.28. The molecule has 0 aromatic heterocycles. The molecular weight excluding hydrogens is 512 g/mol. The molecule has 8 heteroatoms. The first-order chi connectivity index (χ1) is 19.2. The first kappa shape index (κ1) is 36.0. The van der Waals surface area contributed by atoms with Crippen LogP contribution in [0, 0.1) is 0 Å².